The van der Waals surface area contributed by atoms with Crippen molar-refractivity contribution in [1.82, 2.24) is 5.32 Å². The Morgan fingerprint density at radius 2 is 1.94 bits per heavy atom. The Morgan fingerprint density at radius 1 is 1.17 bits per heavy atom. The van der Waals surface area contributed by atoms with Crippen LogP contribution in [0.25, 0.3) is 10.8 Å². The fourth-order valence-corrected chi connectivity index (χ4v) is 3.03. The maximum absolute atomic E-state index is 8.85. The molecule has 2 aromatic rings. The van der Waals surface area contributed by atoms with Crippen LogP contribution in [0.4, 0.5) is 0 Å². The summed E-state index contributed by atoms with van der Waals surface area (Å²) in [5, 5.41) is 14.8. The van der Waals surface area contributed by atoms with E-state index in [2.05, 4.69) is 47.8 Å². The third-order valence-corrected chi connectivity index (χ3v) is 4.11. The second kappa shape index (κ2) is 6.78. The van der Waals surface area contributed by atoms with Gasteiger partial charge in [-0.1, -0.05) is 42.5 Å². The van der Waals surface area contributed by atoms with Gasteiger partial charge in [-0.25, -0.2) is 0 Å². The van der Waals surface area contributed by atoms with Crippen molar-refractivity contribution < 1.29 is 5.11 Å². The van der Waals surface area contributed by atoms with E-state index in [1.54, 1.807) is 11.8 Å². The lowest BCUT2D eigenvalue weighted by molar-refractivity contribution is 0.322. The number of aliphatic hydroxyl groups excluding tert-OH is 1. The summed E-state index contributed by atoms with van der Waals surface area (Å²) in [6.45, 7) is 0.247. The van der Waals surface area contributed by atoms with Gasteiger partial charge < -0.3 is 10.4 Å². The number of aliphatic hydroxyl groups is 1. The Labute approximate surface area is 112 Å². The summed E-state index contributed by atoms with van der Waals surface area (Å²) in [4.78, 5) is 0. The topological polar surface area (TPSA) is 32.3 Å². The molecule has 2 N–H and O–H groups in total. The molecule has 18 heavy (non-hydrogen) atoms. The normalized spacial score (nSPS) is 12.8. The standard InChI is InChI=1S/C15H19NOS/c1-16-15(11-18-10-9-17)14-8-4-6-12-5-2-3-7-13(12)14/h2-8,15-17H,9-11H2,1H3. The molecule has 0 heterocycles. The Morgan fingerprint density at radius 3 is 2.72 bits per heavy atom. The first-order chi connectivity index (χ1) is 8.86. The minimum Gasteiger partial charge on any atom is -0.396 e. The maximum atomic E-state index is 8.85. The van der Waals surface area contributed by atoms with E-state index in [0.29, 0.717) is 6.04 Å². The van der Waals surface area contributed by atoms with Crippen LogP contribution in [0.5, 0.6) is 0 Å². The number of rotatable bonds is 6. The summed E-state index contributed by atoms with van der Waals surface area (Å²) < 4.78 is 0. The molecular weight excluding hydrogens is 242 g/mol. The molecule has 2 aromatic carbocycles. The third kappa shape index (κ3) is 3.05. The number of hydrogen-bond donors (Lipinski definition) is 2. The van der Waals surface area contributed by atoms with Gasteiger partial charge in [0.1, 0.15) is 0 Å². The van der Waals surface area contributed by atoms with Crippen molar-refractivity contribution in [3.05, 3.63) is 48.0 Å². The van der Waals surface area contributed by atoms with Gasteiger partial charge in [0.2, 0.25) is 0 Å². The molecular formula is C15H19NOS. The molecule has 3 heteroatoms. The summed E-state index contributed by atoms with van der Waals surface area (Å²) in [6.07, 6.45) is 0. The highest BCUT2D eigenvalue weighted by atomic mass is 32.2. The molecule has 0 saturated carbocycles. The molecule has 0 aliphatic heterocycles. The monoisotopic (exact) mass is 261 g/mol. The first-order valence-corrected chi connectivity index (χ1v) is 7.36. The van der Waals surface area contributed by atoms with E-state index in [1.807, 2.05) is 7.05 Å². The highest BCUT2D eigenvalue weighted by Gasteiger charge is 2.11. The Kier molecular flexibility index (Phi) is 5.05. The lowest BCUT2D eigenvalue weighted by Gasteiger charge is -2.18. The lowest BCUT2D eigenvalue weighted by atomic mass is 10.00. The highest BCUT2D eigenvalue weighted by Crippen LogP contribution is 2.26. The maximum Gasteiger partial charge on any atom is 0.0521 e. The number of hydrogen-bond acceptors (Lipinski definition) is 3. The molecule has 2 nitrogen and oxygen atoms in total. The van der Waals surface area contributed by atoms with E-state index < -0.39 is 0 Å². The average molecular weight is 261 g/mol. The summed E-state index contributed by atoms with van der Waals surface area (Å²) in [5.74, 6) is 1.77. The van der Waals surface area contributed by atoms with Crippen LogP contribution >= 0.6 is 11.8 Å². The van der Waals surface area contributed by atoms with E-state index in [1.165, 1.54) is 16.3 Å². The summed E-state index contributed by atoms with van der Waals surface area (Å²) in [7, 11) is 1.99. The number of benzene rings is 2. The van der Waals surface area contributed by atoms with Crippen molar-refractivity contribution in [2.24, 2.45) is 0 Å². The zero-order chi connectivity index (χ0) is 12.8. The molecule has 2 rings (SSSR count). The predicted molar refractivity (Wildman–Crippen MR) is 80.2 cm³/mol. The Bertz CT molecular complexity index is 495. The minimum atomic E-state index is 0.247. The Balaban J connectivity index is 2.27. The van der Waals surface area contributed by atoms with E-state index in [9.17, 15) is 0 Å². The second-order valence-corrected chi connectivity index (χ2v) is 5.36. The van der Waals surface area contributed by atoms with Crippen molar-refractivity contribution in [2.75, 3.05) is 25.2 Å². The second-order valence-electron chi connectivity index (χ2n) is 4.21. The first kappa shape index (κ1) is 13.4. The van der Waals surface area contributed by atoms with Crippen LogP contribution in [0.15, 0.2) is 42.5 Å². The Hall–Kier alpha value is -1.03. The van der Waals surface area contributed by atoms with Gasteiger partial charge in [-0.15, -0.1) is 0 Å². The third-order valence-electron chi connectivity index (χ3n) is 3.07. The van der Waals surface area contributed by atoms with E-state index in [0.717, 1.165) is 11.5 Å². The van der Waals surface area contributed by atoms with Gasteiger partial charge in [0.25, 0.3) is 0 Å². The minimum absolute atomic E-state index is 0.247. The van der Waals surface area contributed by atoms with Gasteiger partial charge >= 0.3 is 0 Å². The fourth-order valence-electron chi connectivity index (χ4n) is 2.15. The van der Waals surface area contributed by atoms with Gasteiger partial charge in [0, 0.05) is 17.5 Å². The highest BCUT2D eigenvalue weighted by molar-refractivity contribution is 7.99. The summed E-state index contributed by atoms with van der Waals surface area (Å²) in [5.41, 5.74) is 1.33. The van der Waals surface area contributed by atoms with Gasteiger partial charge in [-0.2, -0.15) is 11.8 Å². The average Bonchev–Trinajstić information content (AvgIpc) is 2.43. The van der Waals surface area contributed by atoms with Crippen LogP contribution in [-0.4, -0.2) is 30.3 Å². The molecule has 1 unspecified atom stereocenters. The lowest BCUT2D eigenvalue weighted by Crippen LogP contribution is -2.19. The molecule has 0 radical (unpaired) electrons. The van der Waals surface area contributed by atoms with Crippen molar-refractivity contribution in [1.29, 1.82) is 0 Å². The van der Waals surface area contributed by atoms with Gasteiger partial charge in [-0.05, 0) is 23.4 Å². The van der Waals surface area contributed by atoms with Gasteiger partial charge in [0.15, 0.2) is 0 Å². The predicted octanol–water partition coefficient (Wildman–Crippen LogP) is 2.83. The van der Waals surface area contributed by atoms with Crippen LogP contribution in [0.1, 0.15) is 11.6 Å². The first-order valence-electron chi connectivity index (χ1n) is 6.20. The molecule has 0 aliphatic carbocycles. The number of thioether (sulfide) groups is 1. The molecule has 0 fully saturated rings. The molecule has 96 valence electrons. The van der Waals surface area contributed by atoms with Crippen LogP contribution in [-0.2, 0) is 0 Å². The number of nitrogens with one attached hydrogen (secondary N) is 1. The fraction of sp³-hybridized carbons (Fsp3) is 0.333. The largest absolute Gasteiger partial charge is 0.396 e. The van der Waals surface area contributed by atoms with Crippen LogP contribution in [0.2, 0.25) is 0 Å². The van der Waals surface area contributed by atoms with Gasteiger partial charge in [-0.3, -0.25) is 0 Å². The van der Waals surface area contributed by atoms with Crippen LogP contribution in [0, 0.1) is 0 Å². The molecule has 0 spiro atoms. The zero-order valence-corrected chi connectivity index (χ0v) is 11.4. The quantitative estimate of drug-likeness (QED) is 0.784. The molecule has 0 amide bonds. The van der Waals surface area contributed by atoms with Crippen molar-refractivity contribution in [3.63, 3.8) is 0 Å². The summed E-state index contributed by atoms with van der Waals surface area (Å²) >= 11 is 1.78. The molecule has 1 atom stereocenters. The molecule has 0 aliphatic rings. The van der Waals surface area contributed by atoms with Crippen LogP contribution in [0.3, 0.4) is 0 Å². The van der Waals surface area contributed by atoms with Crippen molar-refractivity contribution in [3.8, 4) is 0 Å². The van der Waals surface area contributed by atoms with Crippen molar-refractivity contribution >= 4 is 22.5 Å². The van der Waals surface area contributed by atoms with E-state index in [-0.39, 0.29) is 6.61 Å². The SMILES string of the molecule is CNC(CSCCO)c1cccc2ccccc12. The summed E-state index contributed by atoms with van der Waals surface area (Å²) in [6, 6.07) is 15.2. The van der Waals surface area contributed by atoms with Crippen LogP contribution < -0.4 is 5.32 Å². The number of fused-ring (bicyclic) bond motifs is 1. The van der Waals surface area contributed by atoms with E-state index in [4.69, 9.17) is 5.11 Å². The van der Waals surface area contributed by atoms with E-state index >= 15 is 0 Å². The molecule has 0 aromatic heterocycles. The molecule has 0 saturated heterocycles. The van der Waals surface area contributed by atoms with Gasteiger partial charge in [0.05, 0.1) is 6.61 Å². The smallest absolute Gasteiger partial charge is 0.0521 e. The zero-order valence-electron chi connectivity index (χ0n) is 10.6. The molecule has 0 bridgehead atoms. The van der Waals surface area contributed by atoms with Crippen molar-refractivity contribution in [2.45, 2.75) is 6.04 Å².